The first-order valence-corrected chi connectivity index (χ1v) is 7.93. The predicted molar refractivity (Wildman–Crippen MR) is 93.9 cm³/mol. The standard InChI is InChI=1S/C19H20FNO5/c1-24-16-8-13(9-17(11-16)25-2)6-7-19(23)26-12-18(22)21-15-5-3-4-14(20)10-15/h3-5,8-11H,6-7,12H2,1-2H3,(H,21,22). The van der Waals surface area contributed by atoms with Gasteiger partial charge in [0.25, 0.3) is 5.91 Å². The molecule has 2 aromatic carbocycles. The molecule has 0 saturated heterocycles. The van der Waals surface area contributed by atoms with Crippen LogP contribution >= 0.6 is 0 Å². The molecule has 138 valence electrons. The number of methoxy groups -OCH3 is 2. The fourth-order valence-electron chi connectivity index (χ4n) is 2.24. The highest BCUT2D eigenvalue weighted by Crippen LogP contribution is 2.23. The Hall–Kier alpha value is -3.09. The van der Waals surface area contributed by atoms with Crippen LogP contribution in [0.4, 0.5) is 10.1 Å². The maximum absolute atomic E-state index is 13.0. The van der Waals surface area contributed by atoms with Gasteiger partial charge < -0.3 is 19.5 Å². The summed E-state index contributed by atoms with van der Waals surface area (Å²) in [5, 5.41) is 2.45. The summed E-state index contributed by atoms with van der Waals surface area (Å²) in [6, 6.07) is 10.8. The first kappa shape index (κ1) is 19.2. The molecule has 2 aromatic rings. The second-order valence-electron chi connectivity index (χ2n) is 5.44. The number of hydrogen-bond acceptors (Lipinski definition) is 5. The molecule has 0 atom stereocenters. The first-order chi connectivity index (χ1) is 12.5. The van der Waals surface area contributed by atoms with Gasteiger partial charge in [-0.25, -0.2) is 4.39 Å². The molecule has 0 fully saturated rings. The minimum Gasteiger partial charge on any atom is -0.497 e. The molecule has 0 aliphatic heterocycles. The van der Waals surface area contributed by atoms with Crippen molar-refractivity contribution >= 4 is 17.6 Å². The minimum atomic E-state index is -0.535. The molecule has 0 bridgehead atoms. The second kappa shape index (κ2) is 9.41. The van der Waals surface area contributed by atoms with E-state index in [0.29, 0.717) is 23.6 Å². The van der Waals surface area contributed by atoms with Gasteiger partial charge in [0.15, 0.2) is 6.61 Å². The van der Waals surface area contributed by atoms with Crippen molar-refractivity contribution in [1.82, 2.24) is 0 Å². The molecular formula is C19H20FNO5. The van der Waals surface area contributed by atoms with Gasteiger partial charge in [0.2, 0.25) is 0 Å². The largest absolute Gasteiger partial charge is 0.497 e. The summed E-state index contributed by atoms with van der Waals surface area (Å²) in [6.45, 7) is -0.434. The average molecular weight is 361 g/mol. The van der Waals surface area contributed by atoms with Gasteiger partial charge >= 0.3 is 5.97 Å². The van der Waals surface area contributed by atoms with E-state index in [4.69, 9.17) is 14.2 Å². The van der Waals surface area contributed by atoms with E-state index in [-0.39, 0.29) is 6.42 Å². The van der Waals surface area contributed by atoms with E-state index in [1.807, 2.05) is 0 Å². The Kier molecular flexibility index (Phi) is 6.96. The number of carbonyl (C=O) groups is 2. The zero-order valence-corrected chi connectivity index (χ0v) is 14.6. The van der Waals surface area contributed by atoms with Crippen LogP contribution < -0.4 is 14.8 Å². The van der Waals surface area contributed by atoms with Gasteiger partial charge in [-0.15, -0.1) is 0 Å². The third kappa shape index (κ3) is 6.08. The number of benzene rings is 2. The molecule has 6 nitrogen and oxygen atoms in total. The van der Waals surface area contributed by atoms with Gasteiger partial charge in [-0.05, 0) is 42.3 Å². The summed E-state index contributed by atoms with van der Waals surface area (Å²) >= 11 is 0. The van der Waals surface area contributed by atoms with Crippen LogP contribution in [0.3, 0.4) is 0 Å². The number of carbonyl (C=O) groups excluding carboxylic acids is 2. The fraction of sp³-hybridized carbons (Fsp3) is 0.263. The molecule has 0 aliphatic carbocycles. The SMILES string of the molecule is COc1cc(CCC(=O)OCC(=O)Nc2cccc(F)c2)cc(OC)c1. The lowest BCUT2D eigenvalue weighted by Crippen LogP contribution is -2.21. The molecular weight excluding hydrogens is 341 g/mol. The van der Waals surface area contributed by atoms with Crippen molar-refractivity contribution < 1.29 is 28.2 Å². The molecule has 0 heterocycles. The van der Waals surface area contributed by atoms with E-state index in [1.54, 1.807) is 38.5 Å². The quantitative estimate of drug-likeness (QED) is 0.732. The number of amides is 1. The Labute approximate surface area is 150 Å². The summed E-state index contributed by atoms with van der Waals surface area (Å²) in [4.78, 5) is 23.5. The molecule has 0 saturated carbocycles. The lowest BCUT2D eigenvalue weighted by atomic mass is 10.1. The third-order valence-corrected chi connectivity index (χ3v) is 3.50. The maximum atomic E-state index is 13.0. The number of anilines is 1. The van der Waals surface area contributed by atoms with Gasteiger partial charge in [0.1, 0.15) is 17.3 Å². The van der Waals surface area contributed by atoms with Crippen LogP contribution in [0.25, 0.3) is 0 Å². The summed E-state index contributed by atoms with van der Waals surface area (Å²) < 4.78 is 28.3. The minimum absolute atomic E-state index is 0.101. The van der Waals surface area contributed by atoms with Crippen molar-refractivity contribution in [2.45, 2.75) is 12.8 Å². The smallest absolute Gasteiger partial charge is 0.306 e. The van der Waals surface area contributed by atoms with Crippen molar-refractivity contribution in [3.05, 3.63) is 53.8 Å². The number of rotatable bonds is 8. The van der Waals surface area contributed by atoms with Crippen molar-refractivity contribution in [1.29, 1.82) is 0 Å². The highest BCUT2D eigenvalue weighted by Gasteiger charge is 2.10. The number of nitrogens with one attached hydrogen (secondary N) is 1. The summed E-state index contributed by atoms with van der Waals surface area (Å²) in [5.41, 5.74) is 1.15. The van der Waals surface area contributed by atoms with Crippen molar-refractivity contribution in [2.24, 2.45) is 0 Å². The number of hydrogen-bond donors (Lipinski definition) is 1. The van der Waals surface area contributed by atoms with Gasteiger partial charge in [0, 0.05) is 18.2 Å². The van der Waals surface area contributed by atoms with E-state index in [9.17, 15) is 14.0 Å². The number of aryl methyl sites for hydroxylation is 1. The van der Waals surface area contributed by atoms with E-state index < -0.39 is 24.3 Å². The molecule has 26 heavy (non-hydrogen) atoms. The Balaban J connectivity index is 1.79. The van der Waals surface area contributed by atoms with Gasteiger partial charge in [0.05, 0.1) is 14.2 Å². The zero-order valence-electron chi connectivity index (χ0n) is 14.6. The van der Waals surface area contributed by atoms with Crippen LogP contribution in [-0.2, 0) is 20.7 Å². The van der Waals surface area contributed by atoms with E-state index in [1.165, 1.54) is 18.2 Å². The molecule has 0 radical (unpaired) electrons. The molecule has 1 amide bonds. The van der Waals surface area contributed by atoms with E-state index in [0.717, 1.165) is 5.56 Å². The second-order valence-corrected chi connectivity index (χ2v) is 5.44. The van der Waals surface area contributed by atoms with Crippen LogP contribution in [0.1, 0.15) is 12.0 Å². The zero-order chi connectivity index (χ0) is 18.9. The lowest BCUT2D eigenvalue weighted by Gasteiger charge is -2.09. The fourth-order valence-corrected chi connectivity index (χ4v) is 2.24. The average Bonchev–Trinajstić information content (AvgIpc) is 2.64. The summed E-state index contributed by atoms with van der Waals surface area (Å²) in [5.74, 6) is -0.258. The van der Waals surface area contributed by atoms with Crippen LogP contribution in [0.5, 0.6) is 11.5 Å². The van der Waals surface area contributed by atoms with E-state index in [2.05, 4.69) is 5.32 Å². The van der Waals surface area contributed by atoms with Crippen LogP contribution in [-0.4, -0.2) is 32.7 Å². The molecule has 0 aromatic heterocycles. The topological polar surface area (TPSA) is 73.9 Å². The summed E-state index contributed by atoms with van der Waals surface area (Å²) in [7, 11) is 3.09. The number of halogens is 1. The Bertz CT molecular complexity index is 756. The molecule has 1 N–H and O–H groups in total. The monoisotopic (exact) mass is 361 g/mol. The molecule has 7 heteroatoms. The Morgan fingerprint density at radius 2 is 1.73 bits per heavy atom. The molecule has 0 aliphatic rings. The Morgan fingerprint density at radius 1 is 1.04 bits per heavy atom. The number of ether oxygens (including phenoxy) is 3. The highest BCUT2D eigenvalue weighted by atomic mass is 19.1. The van der Waals surface area contributed by atoms with Crippen LogP contribution in [0.15, 0.2) is 42.5 Å². The van der Waals surface area contributed by atoms with Gasteiger partial charge in [-0.3, -0.25) is 9.59 Å². The number of esters is 1. The van der Waals surface area contributed by atoms with Gasteiger partial charge in [-0.1, -0.05) is 6.07 Å². The normalized spacial score (nSPS) is 10.1. The van der Waals surface area contributed by atoms with Crippen LogP contribution in [0.2, 0.25) is 0 Å². The lowest BCUT2D eigenvalue weighted by molar-refractivity contribution is -0.147. The molecule has 0 spiro atoms. The maximum Gasteiger partial charge on any atom is 0.306 e. The predicted octanol–water partition coefficient (Wildman–Crippen LogP) is 2.96. The molecule has 0 unspecified atom stereocenters. The van der Waals surface area contributed by atoms with Gasteiger partial charge in [-0.2, -0.15) is 0 Å². The Morgan fingerprint density at radius 3 is 2.35 bits per heavy atom. The third-order valence-electron chi connectivity index (χ3n) is 3.50. The highest BCUT2D eigenvalue weighted by molar-refractivity contribution is 5.92. The van der Waals surface area contributed by atoms with Crippen LogP contribution in [0, 0.1) is 5.82 Å². The van der Waals surface area contributed by atoms with E-state index >= 15 is 0 Å². The van der Waals surface area contributed by atoms with Crippen molar-refractivity contribution in [3.63, 3.8) is 0 Å². The van der Waals surface area contributed by atoms with Crippen molar-refractivity contribution in [2.75, 3.05) is 26.1 Å². The molecule has 2 rings (SSSR count). The summed E-state index contributed by atoms with van der Waals surface area (Å²) in [6.07, 6.45) is 0.515. The first-order valence-electron chi connectivity index (χ1n) is 7.93. The van der Waals surface area contributed by atoms with Crippen molar-refractivity contribution in [3.8, 4) is 11.5 Å².